The lowest BCUT2D eigenvalue weighted by atomic mass is 9.79. The van der Waals surface area contributed by atoms with E-state index >= 15 is 0 Å². The first-order chi connectivity index (χ1) is 6.64. The lowest BCUT2D eigenvalue weighted by Gasteiger charge is -2.31. The van der Waals surface area contributed by atoms with Gasteiger partial charge in [0.2, 0.25) is 0 Å². The molecular formula is C11H12O3. The van der Waals surface area contributed by atoms with Gasteiger partial charge in [0, 0.05) is 0 Å². The van der Waals surface area contributed by atoms with Crippen LogP contribution in [0.2, 0.25) is 0 Å². The smallest absolute Gasteiger partial charge is 0.316 e. The van der Waals surface area contributed by atoms with E-state index in [2.05, 4.69) is 0 Å². The van der Waals surface area contributed by atoms with Crippen LogP contribution in [0.3, 0.4) is 0 Å². The molecular weight excluding hydrogens is 180 g/mol. The summed E-state index contributed by atoms with van der Waals surface area (Å²) in [5.74, 6) is -0.829. The van der Waals surface area contributed by atoms with Gasteiger partial charge >= 0.3 is 5.97 Å². The average Bonchev–Trinajstić information content (AvgIpc) is 2.18. The lowest BCUT2D eigenvalue weighted by molar-refractivity contribution is -0.146. The number of hydrogen-bond donors (Lipinski definition) is 1. The van der Waals surface area contributed by atoms with Crippen molar-refractivity contribution >= 4 is 5.97 Å². The highest BCUT2D eigenvalue weighted by Crippen LogP contribution is 2.32. The zero-order valence-electron chi connectivity index (χ0n) is 7.99. The maximum Gasteiger partial charge on any atom is 0.316 e. The lowest BCUT2D eigenvalue weighted by Crippen LogP contribution is -2.40. The van der Waals surface area contributed by atoms with Crippen LogP contribution < -0.4 is 0 Å². The summed E-state index contributed by atoms with van der Waals surface area (Å²) in [6.07, 6.45) is 0. The van der Waals surface area contributed by atoms with Gasteiger partial charge in [-0.2, -0.15) is 0 Å². The molecule has 3 heteroatoms. The molecule has 1 aromatic rings. The molecule has 1 aliphatic rings. The first-order valence-corrected chi connectivity index (χ1v) is 4.54. The van der Waals surface area contributed by atoms with Gasteiger partial charge in [-0.15, -0.1) is 0 Å². The molecule has 0 saturated carbocycles. The Hall–Kier alpha value is -1.35. The molecule has 2 rings (SSSR count). The predicted molar refractivity (Wildman–Crippen MR) is 51.1 cm³/mol. The van der Waals surface area contributed by atoms with Gasteiger partial charge < -0.3 is 9.84 Å². The minimum Gasteiger partial charge on any atom is -0.481 e. The molecule has 0 radical (unpaired) electrons. The second-order valence-electron chi connectivity index (χ2n) is 3.79. The average molecular weight is 192 g/mol. The highest BCUT2D eigenvalue weighted by molar-refractivity contribution is 5.81. The number of hydrogen-bond acceptors (Lipinski definition) is 2. The molecule has 1 aliphatic heterocycles. The molecule has 0 bridgehead atoms. The molecule has 3 nitrogen and oxygen atoms in total. The highest BCUT2D eigenvalue weighted by Gasteiger charge is 2.39. The van der Waals surface area contributed by atoms with Crippen molar-refractivity contribution in [3.8, 4) is 0 Å². The third-order valence-electron chi connectivity index (χ3n) is 2.73. The second kappa shape index (κ2) is 3.10. The molecule has 0 fully saturated rings. The number of carboxylic acids is 1. The zero-order valence-corrected chi connectivity index (χ0v) is 7.99. The predicted octanol–water partition coefficient (Wildman–Crippen LogP) is 1.56. The largest absolute Gasteiger partial charge is 0.481 e. The zero-order chi connectivity index (χ0) is 10.2. The van der Waals surface area contributed by atoms with Crippen molar-refractivity contribution in [3.63, 3.8) is 0 Å². The van der Waals surface area contributed by atoms with Crippen LogP contribution in [-0.2, 0) is 21.6 Å². The fraction of sp³-hybridized carbons (Fsp3) is 0.364. The molecule has 0 aromatic heterocycles. The van der Waals surface area contributed by atoms with Gasteiger partial charge in [0.05, 0.1) is 13.2 Å². The van der Waals surface area contributed by atoms with Gasteiger partial charge in [-0.3, -0.25) is 4.79 Å². The summed E-state index contributed by atoms with van der Waals surface area (Å²) in [6.45, 7) is 2.46. The number of fused-ring (bicyclic) bond motifs is 1. The van der Waals surface area contributed by atoms with Crippen LogP contribution in [0.25, 0.3) is 0 Å². The second-order valence-corrected chi connectivity index (χ2v) is 3.79. The fourth-order valence-electron chi connectivity index (χ4n) is 1.80. The van der Waals surface area contributed by atoms with E-state index in [-0.39, 0.29) is 6.61 Å². The van der Waals surface area contributed by atoms with Gasteiger partial charge in [0.15, 0.2) is 0 Å². The molecule has 0 aliphatic carbocycles. The molecule has 1 N–H and O–H groups in total. The molecule has 1 unspecified atom stereocenters. The number of benzene rings is 1. The Balaban J connectivity index is 2.55. The third-order valence-corrected chi connectivity index (χ3v) is 2.73. The Kier molecular flexibility index (Phi) is 2.04. The van der Waals surface area contributed by atoms with Crippen molar-refractivity contribution in [1.82, 2.24) is 0 Å². The summed E-state index contributed by atoms with van der Waals surface area (Å²) < 4.78 is 5.29. The maximum absolute atomic E-state index is 11.2. The summed E-state index contributed by atoms with van der Waals surface area (Å²) in [5, 5.41) is 9.16. The minimum absolute atomic E-state index is 0.249. The van der Waals surface area contributed by atoms with Gasteiger partial charge in [-0.1, -0.05) is 24.3 Å². The molecule has 74 valence electrons. The van der Waals surface area contributed by atoms with E-state index in [0.29, 0.717) is 6.61 Å². The van der Waals surface area contributed by atoms with Crippen LogP contribution in [0.1, 0.15) is 18.1 Å². The summed E-state index contributed by atoms with van der Waals surface area (Å²) in [5.41, 5.74) is 0.955. The molecule has 1 aromatic carbocycles. The topological polar surface area (TPSA) is 46.5 Å². The Morgan fingerprint density at radius 1 is 1.50 bits per heavy atom. The van der Waals surface area contributed by atoms with Gasteiger partial charge in [-0.25, -0.2) is 0 Å². The summed E-state index contributed by atoms with van der Waals surface area (Å²) in [6, 6.07) is 7.54. The molecule has 0 spiro atoms. The molecule has 1 atom stereocenters. The van der Waals surface area contributed by atoms with Crippen molar-refractivity contribution in [2.45, 2.75) is 18.9 Å². The Morgan fingerprint density at radius 3 is 2.93 bits per heavy atom. The fourth-order valence-corrected chi connectivity index (χ4v) is 1.80. The summed E-state index contributed by atoms with van der Waals surface area (Å²) in [7, 11) is 0. The Morgan fingerprint density at radius 2 is 2.21 bits per heavy atom. The van der Waals surface area contributed by atoms with Gasteiger partial charge in [0.25, 0.3) is 0 Å². The number of carbonyl (C=O) groups is 1. The van der Waals surface area contributed by atoms with Crippen LogP contribution in [0.5, 0.6) is 0 Å². The number of aliphatic carboxylic acids is 1. The van der Waals surface area contributed by atoms with E-state index in [4.69, 9.17) is 9.84 Å². The van der Waals surface area contributed by atoms with E-state index in [1.54, 1.807) is 6.92 Å². The molecule has 0 amide bonds. The van der Waals surface area contributed by atoms with Crippen molar-refractivity contribution in [3.05, 3.63) is 35.4 Å². The van der Waals surface area contributed by atoms with Gasteiger partial charge in [-0.05, 0) is 18.1 Å². The number of ether oxygens (including phenoxy) is 1. The van der Waals surface area contributed by atoms with Crippen LogP contribution >= 0.6 is 0 Å². The number of rotatable bonds is 1. The third kappa shape index (κ3) is 1.21. The van der Waals surface area contributed by atoms with E-state index in [1.807, 2.05) is 24.3 Å². The van der Waals surface area contributed by atoms with Crippen molar-refractivity contribution in [2.75, 3.05) is 6.61 Å². The maximum atomic E-state index is 11.2. The summed E-state index contributed by atoms with van der Waals surface area (Å²) in [4.78, 5) is 11.2. The highest BCUT2D eigenvalue weighted by atomic mass is 16.5. The van der Waals surface area contributed by atoms with E-state index in [0.717, 1.165) is 11.1 Å². The van der Waals surface area contributed by atoms with Crippen molar-refractivity contribution < 1.29 is 14.6 Å². The van der Waals surface area contributed by atoms with Crippen LogP contribution in [0.4, 0.5) is 0 Å². The monoisotopic (exact) mass is 192 g/mol. The van der Waals surface area contributed by atoms with E-state index in [9.17, 15) is 4.79 Å². The summed E-state index contributed by atoms with van der Waals surface area (Å²) >= 11 is 0. The molecule has 14 heavy (non-hydrogen) atoms. The van der Waals surface area contributed by atoms with Crippen molar-refractivity contribution in [1.29, 1.82) is 0 Å². The van der Waals surface area contributed by atoms with Crippen LogP contribution in [0.15, 0.2) is 24.3 Å². The molecule has 1 heterocycles. The van der Waals surface area contributed by atoms with Crippen LogP contribution in [0, 0.1) is 0 Å². The minimum atomic E-state index is -0.894. The Bertz CT molecular complexity index is 373. The standard InChI is InChI=1S/C11H12O3/c1-11(10(12)13)7-14-6-8-4-2-3-5-9(8)11/h2-5H,6-7H2,1H3,(H,12,13). The normalized spacial score (nSPS) is 25.5. The van der Waals surface area contributed by atoms with Crippen molar-refractivity contribution in [2.24, 2.45) is 0 Å². The van der Waals surface area contributed by atoms with Gasteiger partial charge in [0.1, 0.15) is 5.41 Å². The molecule has 0 saturated heterocycles. The first-order valence-electron chi connectivity index (χ1n) is 4.54. The number of carboxylic acid groups (broad SMARTS) is 1. The quantitative estimate of drug-likeness (QED) is 0.734. The van der Waals surface area contributed by atoms with E-state index in [1.165, 1.54) is 0 Å². The Labute approximate surface area is 82.3 Å². The SMILES string of the molecule is CC1(C(=O)O)COCc2ccccc21. The van der Waals surface area contributed by atoms with Crippen LogP contribution in [-0.4, -0.2) is 17.7 Å². The van der Waals surface area contributed by atoms with E-state index < -0.39 is 11.4 Å². The first kappa shape index (κ1) is 9.21.